The molecule has 2 aliphatic heterocycles. The Morgan fingerprint density at radius 1 is 1.13 bits per heavy atom. The van der Waals surface area contributed by atoms with Gasteiger partial charge >= 0.3 is 6.03 Å². The van der Waals surface area contributed by atoms with Crippen LogP contribution in [0.3, 0.4) is 0 Å². The fourth-order valence-corrected chi connectivity index (χ4v) is 3.22. The van der Waals surface area contributed by atoms with Crippen LogP contribution in [-0.2, 0) is 11.3 Å². The predicted octanol–water partition coefficient (Wildman–Crippen LogP) is 1.06. The first kappa shape index (κ1) is 14.0. The fourth-order valence-electron chi connectivity index (χ4n) is 3.22. The monoisotopic (exact) mass is 311 g/mol. The van der Waals surface area contributed by atoms with Gasteiger partial charge in [-0.15, -0.1) is 0 Å². The van der Waals surface area contributed by atoms with Gasteiger partial charge in [-0.3, -0.25) is 14.8 Å². The topological polar surface area (TPSA) is 72.5 Å². The van der Waals surface area contributed by atoms with Gasteiger partial charge in [-0.2, -0.15) is 5.10 Å². The van der Waals surface area contributed by atoms with Crippen molar-refractivity contribution in [2.45, 2.75) is 12.6 Å². The summed E-state index contributed by atoms with van der Waals surface area (Å²) < 4.78 is 0. The van der Waals surface area contributed by atoms with Crippen molar-refractivity contribution in [3.05, 3.63) is 48.3 Å². The van der Waals surface area contributed by atoms with E-state index in [1.165, 1.54) is 4.90 Å². The standard InChI is InChI=1S/C16H17N5O2/c22-15-14-11-19(10-12-6-7-17-18-12)8-9-20(14)16(23)21(15)13-4-2-1-3-5-13/h1-7,14H,8-11H2,(H,17,18). The van der Waals surface area contributed by atoms with E-state index in [1.807, 2.05) is 24.3 Å². The summed E-state index contributed by atoms with van der Waals surface area (Å²) in [6.07, 6.45) is 1.72. The van der Waals surface area contributed by atoms with Crippen LogP contribution in [-0.4, -0.2) is 57.6 Å². The minimum absolute atomic E-state index is 0.143. The number of amides is 3. The molecule has 0 saturated carbocycles. The molecule has 1 unspecified atom stereocenters. The molecule has 1 N–H and O–H groups in total. The van der Waals surface area contributed by atoms with E-state index in [4.69, 9.17) is 0 Å². The SMILES string of the molecule is O=C1C2CN(Cc3ccn[nH]3)CCN2C(=O)N1c1ccccc1. The number of rotatable bonds is 3. The number of nitrogens with one attached hydrogen (secondary N) is 1. The lowest BCUT2D eigenvalue weighted by atomic mass is 10.1. The van der Waals surface area contributed by atoms with E-state index in [-0.39, 0.29) is 11.9 Å². The third-order valence-corrected chi connectivity index (χ3v) is 4.37. The first-order valence-electron chi connectivity index (χ1n) is 7.64. The van der Waals surface area contributed by atoms with Crippen molar-refractivity contribution in [3.63, 3.8) is 0 Å². The van der Waals surface area contributed by atoms with E-state index in [9.17, 15) is 9.59 Å². The fraction of sp³-hybridized carbons (Fsp3) is 0.312. The Kier molecular flexibility index (Phi) is 3.34. The van der Waals surface area contributed by atoms with Crippen LogP contribution in [0.15, 0.2) is 42.6 Å². The molecule has 0 spiro atoms. The molecule has 7 heteroatoms. The molecular weight excluding hydrogens is 294 g/mol. The number of piperazine rings is 1. The highest BCUT2D eigenvalue weighted by Gasteiger charge is 2.48. The predicted molar refractivity (Wildman–Crippen MR) is 83.7 cm³/mol. The molecule has 0 bridgehead atoms. The number of aromatic nitrogens is 2. The quantitative estimate of drug-likeness (QED) is 0.861. The molecule has 3 heterocycles. The van der Waals surface area contributed by atoms with Crippen LogP contribution in [0, 0.1) is 0 Å². The summed E-state index contributed by atoms with van der Waals surface area (Å²) in [5.41, 5.74) is 1.65. The summed E-state index contributed by atoms with van der Waals surface area (Å²) in [5.74, 6) is -0.143. The molecule has 118 valence electrons. The Morgan fingerprint density at radius 2 is 1.96 bits per heavy atom. The Balaban J connectivity index is 1.53. The normalized spacial score (nSPS) is 21.8. The number of fused-ring (bicyclic) bond motifs is 1. The minimum Gasteiger partial charge on any atom is -0.309 e. The van der Waals surface area contributed by atoms with Gasteiger partial charge in [0.25, 0.3) is 5.91 Å². The summed E-state index contributed by atoms with van der Waals surface area (Å²) >= 11 is 0. The lowest BCUT2D eigenvalue weighted by Crippen LogP contribution is -2.52. The van der Waals surface area contributed by atoms with E-state index in [0.29, 0.717) is 25.3 Å². The summed E-state index contributed by atoms with van der Waals surface area (Å²) in [6.45, 7) is 2.56. The van der Waals surface area contributed by atoms with Crippen LogP contribution < -0.4 is 4.90 Å². The van der Waals surface area contributed by atoms with Crippen LogP contribution in [0.5, 0.6) is 0 Å². The molecule has 1 aromatic carbocycles. The summed E-state index contributed by atoms with van der Waals surface area (Å²) in [4.78, 5) is 30.4. The minimum atomic E-state index is -0.403. The first-order valence-corrected chi connectivity index (χ1v) is 7.64. The van der Waals surface area contributed by atoms with Crippen molar-refractivity contribution in [1.29, 1.82) is 0 Å². The first-order chi connectivity index (χ1) is 11.2. The van der Waals surface area contributed by atoms with Gasteiger partial charge in [0, 0.05) is 38.1 Å². The number of aromatic amines is 1. The molecule has 1 atom stereocenters. The van der Waals surface area contributed by atoms with E-state index in [2.05, 4.69) is 15.1 Å². The largest absolute Gasteiger partial charge is 0.332 e. The molecule has 2 aliphatic rings. The lowest BCUT2D eigenvalue weighted by molar-refractivity contribution is -0.121. The van der Waals surface area contributed by atoms with E-state index in [0.717, 1.165) is 12.2 Å². The molecule has 7 nitrogen and oxygen atoms in total. The van der Waals surface area contributed by atoms with Crippen LogP contribution in [0.25, 0.3) is 0 Å². The molecular formula is C16H17N5O2. The highest BCUT2D eigenvalue weighted by molar-refractivity contribution is 6.21. The number of carbonyl (C=O) groups excluding carboxylic acids is 2. The van der Waals surface area contributed by atoms with Gasteiger partial charge in [0.05, 0.1) is 5.69 Å². The Hall–Kier alpha value is -2.67. The van der Waals surface area contributed by atoms with E-state index in [1.54, 1.807) is 23.2 Å². The van der Waals surface area contributed by atoms with Crippen molar-refractivity contribution in [3.8, 4) is 0 Å². The molecule has 3 amide bonds. The van der Waals surface area contributed by atoms with Gasteiger partial charge in [0.15, 0.2) is 0 Å². The molecule has 1 aromatic heterocycles. The number of urea groups is 1. The maximum atomic E-state index is 12.7. The van der Waals surface area contributed by atoms with Crippen LogP contribution in [0.4, 0.5) is 10.5 Å². The smallest absolute Gasteiger partial charge is 0.309 e. The third kappa shape index (κ3) is 2.39. The zero-order valence-corrected chi connectivity index (χ0v) is 12.6. The lowest BCUT2D eigenvalue weighted by Gasteiger charge is -2.34. The molecule has 0 aliphatic carbocycles. The number of anilines is 1. The second-order valence-corrected chi connectivity index (χ2v) is 5.82. The zero-order valence-electron chi connectivity index (χ0n) is 12.6. The van der Waals surface area contributed by atoms with Gasteiger partial charge in [-0.05, 0) is 18.2 Å². The van der Waals surface area contributed by atoms with Crippen LogP contribution >= 0.6 is 0 Å². The summed E-state index contributed by atoms with van der Waals surface area (Å²) in [7, 11) is 0. The highest BCUT2D eigenvalue weighted by Crippen LogP contribution is 2.27. The molecule has 2 fully saturated rings. The Bertz CT molecular complexity index is 715. The number of benzene rings is 1. The van der Waals surface area contributed by atoms with Gasteiger partial charge in [-0.25, -0.2) is 9.69 Å². The zero-order chi connectivity index (χ0) is 15.8. The van der Waals surface area contributed by atoms with Crippen molar-refractivity contribution in [2.75, 3.05) is 24.5 Å². The molecule has 23 heavy (non-hydrogen) atoms. The molecule has 0 radical (unpaired) electrons. The number of hydrogen-bond donors (Lipinski definition) is 1. The van der Waals surface area contributed by atoms with Crippen molar-refractivity contribution >= 4 is 17.6 Å². The van der Waals surface area contributed by atoms with Crippen LogP contribution in [0.1, 0.15) is 5.69 Å². The van der Waals surface area contributed by atoms with Gasteiger partial charge in [-0.1, -0.05) is 18.2 Å². The van der Waals surface area contributed by atoms with Crippen molar-refractivity contribution in [2.24, 2.45) is 0 Å². The van der Waals surface area contributed by atoms with Gasteiger partial charge in [0.2, 0.25) is 0 Å². The number of para-hydroxylation sites is 1. The highest BCUT2D eigenvalue weighted by atomic mass is 16.2. The molecule has 2 aromatic rings. The third-order valence-electron chi connectivity index (χ3n) is 4.37. The molecule has 4 rings (SSSR count). The van der Waals surface area contributed by atoms with Crippen molar-refractivity contribution < 1.29 is 9.59 Å². The molecule has 2 saturated heterocycles. The number of nitrogens with zero attached hydrogens (tertiary/aromatic N) is 4. The van der Waals surface area contributed by atoms with E-state index < -0.39 is 6.04 Å². The number of imide groups is 1. The average Bonchev–Trinajstić information content (AvgIpc) is 3.16. The second kappa shape index (κ2) is 5.51. The number of H-pyrrole nitrogens is 1. The summed E-state index contributed by atoms with van der Waals surface area (Å²) in [6, 6.07) is 10.4. The second-order valence-electron chi connectivity index (χ2n) is 5.82. The maximum Gasteiger partial charge on any atom is 0.332 e. The Labute approximate surface area is 133 Å². The van der Waals surface area contributed by atoms with Gasteiger partial charge < -0.3 is 4.90 Å². The number of hydrogen-bond acceptors (Lipinski definition) is 4. The average molecular weight is 311 g/mol. The van der Waals surface area contributed by atoms with E-state index >= 15 is 0 Å². The van der Waals surface area contributed by atoms with Crippen molar-refractivity contribution in [1.82, 2.24) is 20.0 Å². The number of carbonyl (C=O) groups is 2. The summed E-state index contributed by atoms with van der Waals surface area (Å²) in [5, 5.41) is 6.87. The maximum absolute atomic E-state index is 12.7. The van der Waals surface area contributed by atoms with Gasteiger partial charge in [0.1, 0.15) is 6.04 Å². The Morgan fingerprint density at radius 3 is 2.70 bits per heavy atom. The van der Waals surface area contributed by atoms with Crippen LogP contribution in [0.2, 0.25) is 0 Å².